The normalized spacial score (nSPS) is 17.1. The molecule has 0 spiro atoms. The standard InChI is InChI=1S/C17H31N5O8/c1-6(2)11(19)15(27)20-9(5-10(18)25)14(26)21-12(7(3)23)16(28)22-13(8(4)24)17(29)30/h6-9,11-13,23-24H,5,19H2,1-4H3,(H2,18,25)(H,20,27)(H,21,26)(H,22,28)(H,29,30). The van der Waals surface area contributed by atoms with E-state index in [1.807, 2.05) is 5.32 Å². The van der Waals surface area contributed by atoms with Crippen molar-refractivity contribution in [3.63, 3.8) is 0 Å². The van der Waals surface area contributed by atoms with Gasteiger partial charge in [0.15, 0.2) is 6.04 Å². The Labute approximate surface area is 173 Å². The Morgan fingerprint density at radius 3 is 1.63 bits per heavy atom. The Hall–Kier alpha value is -2.77. The van der Waals surface area contributed by atoms with Crippen LogP contribution >= 0.6 is 0 Å². The number of carbonyl (C=O) groups is 5. The lowest BCUT2D eigenvalue weighted by Crippen LogP contribution is -2.61. The lowest BCUT2D eigenvalue weighted by Gasteiger charge is -2.27. The third kappa shape index (κ3) is 8.71. The first-order valence-electron chi connectivity index (χ1n) is 9.22. The van der Waals surface area contributed by atoms with Gasteiger partial charge in [0.2, 0.25) is 23.6 Å². The predicted octanol–water partition coefficient (Wildman–Crippen LogP) is -3.85. The monoisotopic (exact) mass is 433 g/mol. The highest BCUT2D eigenvalue weighted by Gasteiger charge is 2.34. The molecule has 0 aliphatic carbocycles. The van der Waals surface area contributed by atoms with E-state index in [4.69, 9.17) is 16.6 Å². The Balaban J connectivity index is 5.46. The van der Waals surface area contributed by atoms with Crippen molar-refractivity contribution in [3.05, 3.63) is 0 Å². The molecule has 13 nitrogen and oxygen atoms in total. The summed E-state index contributed by atoms with van der Waals surface area (Å²) in [6.07, 6.45) is -3.56. The molecule has 0 rings (SSSR count). The van der Waals surface area contributed by atoms with Gasteiger partial charge in [-0.1, -0.05) is 13.8 Å². The second-order valence-corrected chi connectivity index (χ2v) is 7.29. The number of nitrogens with one attached hydrogen (secondary N) is 3. The SMILES string of the molecule is CC(C)C(N)C(=O)NC(CC(N)=O)C(=O)NC(C(=O)NC(C(=O)O)C(C)O)C(C)O. The van der Waals surface area contributed by atoms with Crippen molar-refractivity contribution >= 4 is 29.6 Å². The largest absolute Gasteiger partial charge is 0.480 e. The first kappa shape index (κ1) is 27.2. The Morgan fingerprint density at radius 1 is 0.800 bits per heavy atom. The van der Waals surface area contributed by atoms with Crippen LogP contribution in [0.5, 0.6) is 0 Å². The third-order valence-corrected chi connectivity index (χ3v) is 4.17. The van der Waals surface area contributed by atoms with Crippen LogP contribution in [-0.2, 0) is 24.0 Å². The number of carboxylic acids is 1. The van der Waals surface area contributed by atoms with Crippen LogP contribution in [0.3, 0.4) is 0 Å². The van der Waals surface area contributed by atoms with E-state index in [9.17, 15) is 34.2 Å². The van der Waals surface area contributed by atoms with Gasteiger partial charge in [-0.15, -0.1) is 0 Å². The number of aliphatic carboxylic acids is 1. The zero-order chi connectivity index (χ0) is 23.8. The maximum absolute atomic E-state index is 12.5. The summed E-state index contributed by atoms with van der Waals surface area (Å²) in [5.41, 5.74) is 10.8. The minimum Gasteiger partial charge on any atom is -0.480 e. The highest BCUT2D eigenvalue weighted by molar-refractivity contribution is 5.96. The third-order valence-electron chi connectivity index (χ3n) is 4.17. The molecule has 172 valence electrons. The number of carboxylic acid groups (broad SMARTS) is 1. The van der Waals surface area contributed by atoms with Gasteiger partial charge in [-0.2, -0.15) is 0 Å². The number of aliphatic hydroxyl groups excluding tert-OH is 2. The molecule has 0 saturated heterocycles. The number of nitrogens with two attached hydrogens (primary N) is 2. The molecule has 0 bridgehead atoms. The van der Waals surface area contributed by atoms with Crippen LogP contribution in [-0.4, -0.2) is 81.3 Å². The van der Waals surface area contributed by atoms with E-state index in [1.165, 1.54) is 0 Å². The molecule has 0 saturated carbocycles. The number of hydrogen-bond acceptors (Lipinski definition) is 8. The summed E-state index contributed by atoms with van der Waals surface area (Å²) < 4.78 is 0. The second-order valence-electron chi connectivity index (χ2n) is 7.29. The first-order valence-corrected chi connectivity index (χ1v) is 9.22. The van der Waals surface area contributed by atoms with E-state index in [0.29, 0.717) is 0 Å². The number of rotatable bonds is 12. The van der Waals surface area contributed by atoms with Crippen molar-refractivity contribution in [1.82, 2.24) is 16.0 Å². The van der Waals surface area contributed by atoms with Crippen molar-refractivity contribution in [3.8, 4) is 0 Å². The van der Waals surface area contributed by atoms with E-state index in [1.54, 1.807) is 13.8 Å². The molecular formula is C17H31N5O8. The molecule has 0 aromatic carbocycles. The van der Waals surface area contributed by atoms with Gasteiger partial charge in [-0.3, -0.25) is 19.2 Å². The molecule has 0 fully saturated rings. The fourth-order valence-corrected chi connectivity index (χ4v) is 2.27. The van der Waals surface area contributed by atoms with Crippen LogP contribution in [0.4, 0.5) is 0 Å². The lowest BCUT2D eigenvalue weighted by molar-refractivity contribution is -0.146. The van der Waals surface area contributed by atoms with E-state index in [2.05, 4.69) is 10.6 Å². The number of primary amides is 1. The molecule has 6 atom stereocenters. The highest BCUT2D eigenvalue weighted by Crippen LogP contribution is 2.03. The van der Waals surface area contributed by atoms with Crippen LogP contribution in [0.25, 0.3) is 0 Å². The molecule has 0 aliphatic heterocycles. The van der Waals surface area contributed by atoms with Gasteiger partial charge in [-0.25, -0.2) is 4.79 Å². The van der Waals surface area contributed by atoms with Crippen molar-refractivity contribution in [2.45, 2.75) is 70.5 Å². The molecule has 30 heavy (non-hydrogen) atoms. The fraction of sp³-hybridized carbons (Fsp3) is 0.706. The van der Waals surface area contributed by atoms with Crippen molar-refractivity contribution < 1.29 is 39.3 Å². The molecule has 0 aliphatic rings. The summed E-state index contributed by atoms with van der Waals surface area (Å²) in [4.78, 5) is 59.4. The summed E-state index contributed by atoms with van der Waals surface area (Å²) in [6, 6.07) is -5.81. The lowest BCUT2D eigenvalue weighted by atomic mass is 10.0. The highest BCUT2D eigenvalue weighted by atomic mass is 16.4. The Kier molecular flexibility index (Phi) is 10.9. The minimum absolute atomic E-state index is 0.272. The van der Waals surface area contributed by atoms with Gasteiger partial charge in [0, 0.05) is 0 Å². The topological polar surface area (TPSA) is 234 Å². The average Bonchev–Trinajstić information content (AvgIpc) is 2.60. The maximum Gasteiger partial charge on any atom is 0.328 e. The smallest absolute Gasteiger partial charge is 0.328 e. The van der Waals surface area contributed by atoms with Crippen LogP contribution in [0.1, 0.15) is 34.1 Å². The molecule has 0 radical (unpaired) electrons. The van der Waals surface area contributed by atoms with E-state index >= 15 is 0 Å². The Bertz CT molecular complexity index is 652. The molecule has 10 N–H and O–H groups in total. The summed E-state index contributed by atoms with van der Waals surface area (Å²) in [6.45, 7) is 5.62. The molecular weight excluding hydrogens is 402 g/mol. The van der Waals surface area contributed by atoms with Gasteiger partial charge in [0.1, 0.15) is 12.1 Å². The van der Waals surface area contributed by atoms with Crippen LogP contribution in [0.2, 0.25) is 0 Å². The quantitative estimate of drug-likeness (QED) is 0.150. The summed E-state index contributed by atoms with van der Waals surface area (Å²) >= 11 is 0. The number of carbonyl (C=O) groups excluding carboxylic acids is 4. The van der Waals surface area contributed by atoms with Gasteiger partial charge in [0.25, 0.3) is 0 Å². The number of aliphatic hydroxyl groups is 2. The van der Waals surface area contributed by atoms with E-state index in [-0.39, 0.29) is 5.92 Å². The summed E-state index contributed by atoms with van der Waals surface area (Å²) in [5.74, 6) is -5.59. The molecule has 4 amide bonds. The van der Waals surface area contributed by atoms with Crippen molar-refractivity contribution in [2.24, 2.45) is 17.4 Å². The number of hydrogen-bond donors (Lipinski definition) is 8. The van der Waals surface area contributed by atoms with Gasteiger partial charge in [-0.05, 0) is 19.8 Å². The van der Waals surface area contributed by atoms with Crippen LogP contribution in [0.15, 0.2) is 0 Å². The van der Waals surface area contributed by atoms with Gasteiger partial charge >= 0.3 is 5.97 Å². The minimum atomic E-state index is -1.69. The molecule has 0 aromatic rings. The van der Waals surface area contributed by atoms with Gasteiger partial charge in [0.05, 0.1) is 24.7 Å². The molecule has 0 heterocycles. The predicted molar refractivity (Wildman–Crippen MR) is 103 cm³/mol. The molecule has 0 aromatic heterocycles. The summed E-state index contributed by atoms with van der Waals surface area (Å²) in [5, 5.41) is 34.7. The zero-order valence-electron chi connectivity index (χ0n) is 17.3. The van der Waals surface area contributed by atoms with E-state index < -0.39 is 72.4 Å². The average molecular weight is 433 g/mol. The molecule has 6 unspecified atom stereocenters. The van der Waals surface area contributed by atoms with Gasteiger partial charge < -0.3 is 42.7 Å². The van der Waals surface area contributed by atoms with Crippen molar-refractivity contribution in [2.75, 3.05) is 0 Å². The number of amides is 4. The summed E-state index contributed by atoms with van der Waals surface area (Å²) in [7, 11) is 0. The van der Waals surface area contributed by atoms with Crippen LogP contribution < -0.4 is 27.4 Å². The van der Waals surface area contributed by atoms with Crippen molar-refractivity contribution in [1.29, 1.82) is 0 Å². The second kappa shape index (κ2) is 12.0. The Morgan fingerprint density at radius 2 is 1.27 bits per heavy atom. The fourth-order valence-electron chi connectivity index (χ4n) is 2.27. The molecule has 13 heteroatoms. The zero-order valence-corrected chi connectivity index (χ0v) is 17.3. The van der Waals surface area contributed by atoms with E-state index in [0.717, 1.165) is 13.8 Å². The first-order chi connectivity index (χ1) is 13.7. The maximum atomic E-state index is 12.5. The van der Waals surface area contributed by atoms with Crippen LogP contribution in [0, 0.1) is 5.92 Å².